The Labute approximate surface area is 192 Å². The van der Waals surface area contributed by atoms with Crippen molar-refractivity contribution in [3.8, 4) is 5.75 Å². The van der Waals surface area contributed by atoms with E-state index in [4.69, 9.17) is 20.8 Å². The summed E-state index contributed by atoms with van der Waals surface area (Å²) in [7, 11) is 1.90. The number of hydrogen-bond acceptors (Lipinski definition) is 6. The van der Waals surface area contributed by atoms with Crippen molar-refractivity contribution in [3.05, 3.63) is 93.6 Å². The number of fused-ring (bicyclic) bond motifs is 3. The van der Waals surface area contributed by atoms with Crippen LogP contribution < -0.4 is 10.4 Å². The van der Waals surface area contributed by atoms with Crippen LogP contribution >= 0.6 is 23.4 Å². The summed E-state index contributed by atoms with van der Waals surface area (Å²) in [5.74, 6) is 1.96. The molecule has 5 rings (SSSR count). The number of hydrogen-bond donors (Lipinski definition) is 0. The number of benzene rings is 3. The fourth-order valence-corrected chi connectivity index (χ4v) is 4.59. The molecule has 0 aliphatic heterocycles. The first kappa shape index (κ1) is 20.6. The molecule has 32 heavy (non-hydrogen) atoms. The van der Waals surface area contributed by atoms with Crippen molar-refractivity contribution in [1.82, 2.24) is 14.8 Å². The zero-order valence-electron chi connectivity index (χ0n) is 17.1. The van der Waals surface area contributed by atoms with Gasteiger partial charge in [-0.3, -0.25) is 0 Å². The molecule has 0 saturated heterocycles. The van der Waals surface area contributed by atoms with Crippen LogP contribution in [0.1, 0.15) is 11.4 Å². The second-order valence-electron chi connectivity index (χ2n) is 7.24. The molecule has 0 aliphatic rings. The van der Waals surface area contributed by atoms with E-state index in [0.717, 1.165) is 26.9 Å². The van der Waals surface area contributed by atoms with Crippen molar-refractivity contribution in [3.63, 3.8) is 0 Å². The van der Waals surface area contributed by atoms with Gasteiger partial charge in [0.15, 0.2) is 11.0 Å². The average Bonchev–Trinajstić information content (AvgIpc) is 3.16. The second kappa shape index (κ2) is 8.68. The Hall–Kier alpha value is -3.29. The molecule has 0 radical (unpaired) electrons. The van der Waals surface area contributed by atoms with Gasteiger partial charge >= 0.3 is 5.63 Å². The first-order valence-electron chi connectivity index (χ1n) is 9.92. The third-order valence-electron chi connectivity index (χ3n) is 5.18. The highest BCUT2D eigenvalue weighted by Crippen LogP contribution is 2.31. The molecule has 0 N–H and O–H groups in total. The summed E-state index contributed by atoms with van der Waals surface area (Å²) < 4.78 is 13.1. The van der Waals surface area contributed by atoms with Gasteiger partial charge in [0, 0.05) is 29.3 Å². The Morgan fingerprint density at radius 1 is 1.06 bits per heavy atom. The van der Waals surface area contributed by atoms with Gasteiger partial charge < -0.3 is 13.7 Å². The minimum atomic E-state index is -0.363. The number of rotatable bonds is 6. The Morgan fingerprint density at radius 3 is 2.72 bits per heavy atom. The Morgan fingerprint density at radius 2 is 1.88 bits per heavy atom. The van der Waals surface area contributed by atoms with E-state index in [2.05, 4.69) is 10.2 Å². The van der Waals surface area contributed by atoms with E-state index in [1.54, 1.807) is 18.2 Å². The Bertz CT molecular complexity index is 1480. The van der Waals surface area contributed by atoms with Gasteiger partial charge in [-0.25, -0.2) is 4.79 Å². The Kier molecular flexibility index (Phi) is 5.59. The quantitative estimate of drug-likeness (QED) is 0.185. The van der Waals surface area contributed by atoms with Crippen LogP contribution in [0.4, 0.5) is 0 Å². The molecule has 0 spiro atoms. The lowest BCUT2D eigenvalue weighted by molar-refractivity contribution is 0.290. The molecule has 6 nitrogen and oxygen atoms in total. The molecule has 2 heterocycles. The zero-order chi connectivity index (χ0) is 22.1. The topological polar surface area (TPSA) is 70.2 Å². The molecule has 2 aromatic heterocycles. The van der Waals surface area contributed by atoms with Crippen LogP contribution in [0.25, 0.3) is 21.7 Å². The van der Waals surface area contributed by atoms with E-state index in [-0.39, 0.29) is 12.2 Å². The molecule has 3 aromatic carbocycles. The standard InChI is InChI=1S/C24H18ClN3O3S/c1-28-21(13-30-18-9-7-17(25)8-10-18)26-27-24(28)32-14-16-12-22(29)31-20-11-6-15-4-2-3-5-19(15)23(16)20/h2-12H,13-14H2,1H3. The third-order valence-corrected chi connectivity index (χ3v) is 6.50. The summed E-state index contributed by atoms with van der Waals surface area (Å²) in [4.78, 5) is 12.1. The molecule has 0 aliphatic carbocycles. The summed E-state index contributed by atoms with van der Waals surface area (Å²) in [5.41, 5.74) is 1.13. The highest BCUT2D eigenvalue weighted by Gasteiger charge is 2.14. The fourth-order valence-electron chi connectivity index (χ4n) is 3.55. The molecule has 0 atom stereocenters. The van der Waals surface area contributed by atoms with Gasteiger partial charge in [-0.1, -0.05) is 53.7 Å². The molecular formula is C24H18ClN3O3S. The van der Waals surface area contributed by atoms with Gasteiger partial charge in [0.2, 0.25) is 0 Å². The number of nitrogens with zero attached hydrogens (tertiary/aromatic N) is 3. The van der Waals surface area contributed by atoms with Crippen LogP contribution in [0.2, 0.25) is 5.02 Å². The fraction of sp³-hybridized carbons (Fsp3) is 0.125. The number of ether oxygens (including phenoxy) is 1. The van der Waals surface area contributed by atoms with Crippen LogP contribution in [0.15, 0.2) is 81.1 Å². The lowest BCUT2D eigenvalue weighted by atomic mass is 10.0. The van der Waals surface area contributed by atoms with Crippen molar-refractivity contribution in [2.24, 2.45) is 7.05 Å². The van der Waals surface area contributed by atoms with Crippen LogP contribution in [-0.2, 0) is 19.4 Å². The van der Waals surface area contributed by atoms with E-state index in [1.165, 1.54) is 11.8 Å². The first-order chi connectivity index (χ1) is 15.6. The maximum Gasteiger partial charge on any atom is 0.336 e. The number of thioether (sulfide) groups is 1. The molecule has 0 saturated carbocycles. The van der Waals surface area contributed by atoms with Crippen LogP contribution in [-0.4, -0.2) is 14.8 Å². The summed E-state index contributed by atoms with van der Waals surface area (Å²) in [6.07, 6.45) is 0. The highest BCUT2D eigenvalue weighted by atomic mass is 35.5. The van der Waals surface area contributed by atoms with E-state index in [0.29, 0.717) is 27.9 Å². The predicted molar refractivity (Wildman–Crippen MR) is 126 cm³/mol. The van der Waals surface area contributed by atoms with Gasteiger partial charge in [-0.15, -0.1) is 10.2 Å². The molecular weight excluding hydrogens is 446 g/mol. The lowest BCUT2D eigenvalue weighted by Crippen LogP contribution is -2.04. The van der Waals surface area contributed by atoms with Crippen LogP contribution in [0, 0.1) is 0 Å². The molecule has 0 amide bonds. The second-order valence-corrected chi connectivity index (χ2v) is 8.62. The maximum absolute atomic E-state index is 12.1. The lowest BCUT2D eigenvalue weighted by Gasteiger charge is -2.09. The van der Waals surface area contributed by atoms with Crippen molar-refractivity contribution in [2.75, 3.05) is 0 Å². The van der Waals surface area contributed by atoms with Crippen LogP contribution in [0.3, 0.4) is 0 Å². The SMILES string of the molecule is Cn1c(COc2ccc(Cl)cc2)nnc1SCc1cc(=O)oc2ccc3ccccc3c12. The minimum absolute atomic E-state index is 0.286. The predicted octanol–water partition coefficient (Wildman–Crippen LogP) is 5.60. The summed E-state index contributed by atoms with van der Waals surface area (Å²) in [6.45, 7) is 0.286. The van der Waals surface area contributed by atoms with Crippen molar-refractivity contribution in [2.45, 2.75) is 17.5 Å². The molecule has 8 heteroatoms. The van der Waals surface area contributed by atoms with E-state index < -0.39 is 0 Å². The maximum atomic E-state index is 12.1. The molecule has 0 unspecified atom stereocenters. The summed E-state index contributed by atoms with van der Waals surface area (Å²) >= 11 is 7.42. The summed E-state index contributed by atoms with van der Waals surface area (Å²) in [6, 6.07) is 20.6. The normalized spacial score (nSPS) is 11.3. The van der Waals surface area contributed by atoms with E-state index in [1.807, 2.05) is 60.1 Å². The average molecular weight is 464 g/mol. The van der Waals surface area contributed by atoms with Crippen LogP contribution in [0.5, 0.6) is 5.75 Å². The minimum Gasteiger partial charge on any atom is -0.486 e. The largest absolute Gasteiger partial charge is 0.486 e. The van der Waals surface area contributed by atoms with Gasteiger partial charge in [-0.2, -0.15) is 0 Å². The van der Waals surface area contributed by atoms with Gasteiger partial charge in [0.25, 0.3) is 0 Å². The van der Waals surface area contributed by atoms with Crippen molar-refractivity contribution >= 4 is 45.1 Å². The van der Waals surface area contributed by atoms with Gasteiger partial charge in [0.05, 0.1) is 0 Å². The smallest absolute Gasteiger partial charge is 0.336 e. The Balaban J connectivity index is 1.38. The highest BCUT2D eigenvalue weighted by molar-refractivity contribution is 7.98. The van der Waals surface area contributed by atoms with Crippen molar-refractivity contribution < 1.29 is 9.15 Å². The van der Waals surface area contributed by atoms with E-state index >= 15 is 0 Å². The molecule has 160 valence electrons. The number of aromatic nitrogens is 3. The third kappa shape index (κ3) is 4.09. The van der Waals surface area contributed by atoms with Gasteiger partial charge in [0.1, 0.15) is 17.9 Å². The van der Waals surface area contributed by atoms with E-state index in [9.17, 15) is 4.79 Å². The van der Waals surface area contributed by atoms with Crippen molar-refractivity contribution in [1.29, 1.82) is 0 Å². The monoisotopic (exact) mass is 463 g/mol. The zero-order valence-corrected chi connectivity index (χ0v) is 18.7. The number of halogens is 1. The molecule has 5 aromatic rings. The summed E-state index contributed by atoms with van der Waals surface area (Å²) in [5, 5.41) is 13.0. The molecule has 0 fully saturated rings. The molecule has 0 bridgehead atoms. The first-order valence-corrected chi connectivity index (χ1v) is 11.3. The van der Waals surface area contributed by atoms with Gasteiger partial charge in [-0.05, 0) is 46.7 Å².